The van der Waals surface area contributed by atoms with Crippen LogP contribution in [0.3, 0.4) is 0 Å². The van der Waals surface area contributed by atoms with Crippen molar-refractivity contribution < 1.29 is 19.1 Å². The Labute approximate surface area is 133 Å². The van der Waals surface area contributed by atoms with Gasteiger partial charge in [-0.2, -0.15) is 10.2 Å². The second-order valence-electron chi connectivity index (χ2n) is 3.82. The molecule has 0 saturated heterocycles. The number of pyridine rings is 1. The highest BCUT2D eigenvalue weighted by Crippen LogP contribution is 1.99. The van der Waals surface area contributed by atoms with Crippen molar-refractivity contribution >= 4 is 30.7 Å². The van der Waals surface area contributed by atoms with Gasteiger partial charge in [0.1, 0.15) is 0 Å². The Morgan fingerprint density at radius 1 is 1.22 bits per heavy atom. The average Bonchev–Trinajstić information content (AvgIpc) is 2.55. The maximum atomic E-state index is 11.0. The summed E-state index contributed by atoms with van der Waals surface area (Å²) in [5, 5.41) is 7.33. The van der Waals surface area contributed by atoms with Gasteiger partial charge in [-0.3, -0.25) is 0 Å². The lowest BCUT2D eigenvalue weighted by Crippen LogP contribution is -2.18. The van der Waals surface area contributed by atoms with Gasteiger partial charge in [-0.05, 0) is 31.2 Å². The van der Waals surface area contributed by atoms with Gasteiger partial charge < -0.3 is 9.47 Å². The van der Waals surface area contributed by atoms with Crippen LogP contribution >= 0.6 is 0 Å². The molecule has 2 N–H and O–H groups in total. The van der Waals surface area contributed by atoms with Gasteiger partial charge in [0.05, 0.1) is 31.3 Å². The first-order chi connectivity index (χ1) is 11.2. The molecule has 0 radical (unpaired) electrons. The zero-order chi connectivity index (χ0) is 16.9. The fourth-order valence-electron chi connectivity index (χ4n) is 1.27. The van der Waals surface area contributed by atoms with E-state index in [2.05, 4.69) is 35.5 Å². The van der Waals surface area contributed by atoms with E-state index in [0.717, 1.165) is 0 Å². The van der Waals surface area contributed by atoms with E-state index in [1.165, 1.54) is 19.5 Å². The predicted octanol–water partition coefficient (Wildman–Crippen LogP) is 1.52. The van der Waals surface area contributed by atoms with E-state index in [1.54, 1.807) is 37.3 Å². The number of methoxy groups -OCH3 is 1. The molecule has 0 atom stereocenters. The number of aromatic nitrogens is 1. The fourth-order valence-corrected chi connectivity index (χ4v) is 1.27. The molecule has 1 aromatic rings. The van der Waals surface area contributed by atoms with Gasteiger partial charge >= 0.3 is 12.2 Å². The number of carbonyl (C=O) groups excluding carboxylic acids is 2. The van der Waals surface area contributed by atoms with Crippen LogP contribution in [0.2, 0.25) is 0 Å². The summed E-state index contributed by atoms with van der Waals surface area (Å²) in [7, 11) is 1.24. The molecule has 0 aliphatic heterocycles. The average molecular weight is 319 g/mol. The van der Waals surface area contributed by atoms with Gasteiger partial charge in [0.15, 0.2) is 0 Å². The van der Waals surface area contributed by atoms with Gasteiger partial charge in [-0.15, -0.1) is 0 Å². The van der Waals surface area contributed by atoms with Crippen LogP contribution < -0.4 is 10.9 Å². The molecule has 0 aliphatic rings. The number of allylic oxidation sites excluding steroid dienone is 1. The first-order valence-electron chi connectivity index (χ1n) is 6.62. The van der Waals surface area contributed by atoms with Crippen LogP contribution in [0, 0.1) is 0 Å². The van der Waals surface area contributed by atoms with Crippen LogP contribution in [0.15, 0.2) is 34.5 Å². The molecule has 1 aromatic heterocycles. The zero-order valence-electron chi connectivity index (χ0n) is 12.7. The van der Waals surface area contributed by atoms with Crippen LogP contribution in [-0.4, -0.2) is 43.3 Å². The van der Waals surface area contributed by atoms with Crippen LogP contribution in [0.1, 0.15) is 18.3 Å². The van der Waals surface area contributed by atoms with Crippen LogP contribution in [0.25, 0.3) is 6.08 Å². The van der Waals surface area contributed by atoms with Gasteiger partial charge in [-0.25, -0.2) is 25.4 Å². The van der Waals surface area contributed by atoms with Crippen molar-refractivity contribution in [1.82, 2.24) is 15.8 Å². The first kappa shape index (κ1) is 17.8. The Morgan fingerprint density at radius 2 is 1.96 bits per heavy atom. The molecule has 2 amide bonds. The van der Waals surface area contributed by atoms with Crippen LogP contribution in [0.5, 0.6) is 0 Å². The van der Waals surface area contributed by atoms with E-state index in [9.17, 15) is 9.59 Å². The molecule has 122 valence electrons. The lowest BCUT2D eigenvalue weighted by atomic mass is 10.3. The smallest absolute Gasteiger partial charge is 0.427 e. The summed E-state index contributed by atoms with van der Waals surface area (Å²) in [4.78, 5) is 26.0. The number of nitrogens with zero attached hydrogens (tertiary/aromatic N) is 3. The highest BCUT2D eigenvalue weighted by molar-refractivity contribution is 5.81. The minimum Gasteiger partial charge on any atom is -0.452 e. The third kappa shape index (κ3) is 7.95. The van der Waals surface area contributed by atoms with Gasteiger partial charge in [0.25, 0.3) is 0 Å². The standard InChI is InChI=1S/C14H17N5O4/c1-3-23-14(21)19-15-9-5-8-11-6-4-7-12(17-11)10-16-18-13(20)22-2/h4-10H,3H2,1-2H3,(H,18,20)(H,19,21). The minimum absolute atomic E-state index is 0.278. The highest BCUT2D eigenvalue weighted by atomic mass is 16.6. The number of ether oxygens (including phenoxy) is 2. The number of hydrogen-bond acceptors (Lipinski definition) is 7. The molecule has 0 saturated carbocycles. The molecule has 9 nitrogen and oxygen atoms in total. The number of amides is 2. The van der Waals surface area contributed by atoms with E-state index in [-0.39, 0.29) is 6.61 Å². The lowest BCUT2D eigenvalue weighted by molar-refractivity contribution is 0.152. The largest absolute Gasteiger partial charge is 0.452 e. The van der Waals surface area contributed by atoms with Crippen LogP contribution in [-0.2, 0) is 9.47 Å². The predicted molar refractivity (Wildman–Crippen MR) is 85.1 cm³/mol. The van der Waals surface area contributed by atoms with Crippen molar-refractivity contribution in [2.24, 2.45) is 10.2 Å². The Balaban J connectivity index is 2.53. The van der Waals surface area contributed by atoms with Gasteiger partial charge in [-0.1, -0.05) is 6.07 Å². The zero-order valence-corrected chi connectivity index (χ0v) is 12.7. The molecule has 0 unspecified atom stereocenters. The molecule has 23 heavy (non-hydrogen) atoms. The molecule has 9 heteroatoms. The van der Waals surface area contributed by atoms with Crippen molar-refractivity contribution in [1.29, 1.82) is 0 Å². The van der Waals surface area contributed by atoms with Crippen molar-refractivity contribution in [2.45, 2.75) is 6.92 Å². The topological polar surface area (TPSA) is 114 Å². The lowest BCUT2D eigenvalue weighted by Gasteiger charge is -1.97. The Morgan fingerprint density at radius 3 is 2.70 bits per heavy atom. The number of rotatable bonds is 6. The number of hydrazone groups is 2. The normalized spacial score (nSPS) is 11.0. The second kappa shape index (κ2) is 10.5. The minimum atomic E-state index is -0.664. The molecule has 1 rings (SSSR count). The third-order valence-electron chi connectivity index (χ3n) is 2.19. The fraction of sp³-hybridized carbons (Fsp3) is 0.214. The van der Waals surface area contributed by atoms with Crippen LogP contribution in [0.4, 0.5) is 9.59 Å². The Hall–Kier alpha value is -3.23. The first-order valence-corrected chi connectivity index (χ1v) is 6.62. The van der Waals surface area contributed by atoms with Gasteiger partial charge in [0.2, 0.25) is 0 Å². The summed E-state index contributed by atoms with van der Waals surface area (Å²) in [5.74, 6) is 0. The Bertz CT molecular complexity index is 613. The summed E-state index contributed by atoms with van der Waals surface area (Å²) in [6.07, 6.45) is 4.76. The summed E-state index contributed by atoms with van der Waals surface area (Å²) < 4.78 is 9.00. The summed E-state index contributed by atoms with van der Waals surface area (Å²) >= 11 is 0. The van der Waals surface area contributed by atoms with Gasteiger partial charge in [0, 0.05) is 6.21 Å². The second-order valence-corrected chi connectivity index (χ2v) is 3.82. The van der Waals surface area contributed by atoms with E-state index in [0.29, 0.717) is 11.4 Å². The van der Waals surface area contributed by atoms with E-state index >= 15 is 0 Å². The SMILES string of the molecule is CCOC(=O)NN=CC=Cc1cccc(C=NNC(=O)OC)n1. The maximum absolute atomic E-state index is 11.0. The number of carbonyl (C=O) groups is 2. The third-order valence-corrected chi connectivity index (χ3v) is 2.19. The molecule has 0 fully saturated rings. The highest BCUT2D eigenvalue weighted by Gasteiger charge is 1.95. The van der Waals surface area contributed by atoms with Crippen molar-refractivity contribution in [2.75, 3.05) is 13.7 Å². The molecule has 0 aliphatic carbocycles. The molecule has 1 heterocycles. The van der Waals surface area contributed by atoms with Crippen molar-refractivity contribution in [3.8, 4) is 0 Å². The maximum Gasteiger partial charge on any atom is 0.427 e. The van der Waals surface area contributed by atoms with E-state index in [1.807, 2.05) is 0 Å². The summed E-state index contributed by atoms with van der Waals surface area (Å²) in [6.45, 7) is 1.98. The molecular weight excluding hydrogens is 302 g/mol. The summed E-state index contributed by atoms with van der Waals surface area (Å²) in [5.41, 5.74) is 5.54. The molecular formula is C14H17N5O4. The molecule has 0 spiro atoms. The summed E-state index contributed by atoms with van der Waals surface area (Å²) in [6, 6.07) is 5.27. The van der Waals surface area contributed by atoms with Crippen molar-refractivity contribution in [3.05, 3.63) is 35.7 Å². The van der Waals surface area contributed by atoms with Crippen molar-refractivity contribution in [3.63, 3.8) is 0 Å². The molecule has 0 aromatic carbocycles. The number of hydrogen-bond donors (Lipinski definition) is 2. The van der Waals surface area contributed by atoms with E-state index in [4.69, 9.17) is 0 Å². The Kier molecular flexibility index (Phi) is 8.13. The monoisotopic (exact) mass is 319 g/mol. The quantitative estimate of drug-likeness (QED) is 0.609. The number of nitrogens with one attached hydrogen (secondary N) is 2. The molecule has 0 bridgehead atoms. The van der Waals surface area contributed by atoms with E-state index < -0.39 is 12.2 Å².